The highest BCUT2D eigenvalue weighted by atomic mass is 35.5. The molecule has 4 amide bonds. The lowest BCUT2D eigenvalue weighted by Crippen LogP contribution is -2.57. The Balaban J connectivity index is 1.85. The van der Waals surface area contributed by atoms with E-state index in [1.807, 2.05) is 30.9 Å². The number of carbonyl (C=O) groups is 4. The Morgan fingerprint density at radius 3 is 2.35 bits per heavy atom. The van der Waals surface area contributed by atoms with Crippen LogP contribution >= 0.6 is 11.6 Å². The smallest absolute Gasteiger partial charge is 0.245 e. The maximum atomic E-state index is 14.5. The van der Waals surface area contributed by atoms with Crippen LogP contribution in [0.4, 0.5) is 4.39 Å². The summed E-state index contributed by atoms with van der Waals surface area (Å²) in [4.78, 5) is 57.0. The van der Waals surface area contributed by atoms with Crippen molar-refractivity contribution in [3.63, 3.8) is 0 Å². The van der Waals surface area contributed by atoms with Gasteiger partial charge in [-0.25, -0.2) is 4.39 Å². The van der Waals surface area contributed by atoms with Crippen molar-refractivity contribution < 1.29 is 28.3 Å². The van der Waals surface area contributed by atoms with Gasteiger partial charge in [-0.05, 0) is 74.5 Å². The summed E-state index contributed by atoms with van der Waals surface area (Å²) in [5.74, 6) is -1.15. The number of ether oxygens (including phenoxy) is 1. The minimum atomic E-state index is -0.980. The SMILES string of the molecule is COc1ccc(C[C@@H]2NC(=O)[C@@H](CC(C)C)NC(=O)CCCN(Cc3cc(Cl)ccc3F)CCCNC(=O)[C@H](C)N(C)C2=O)cc1. The fourth-order valence-corrected chi connectivity index (χ4v) is 5.55. The van der Waals surface area contributed by atoms with E-state index in [-0.39, 0.29) is 42.9 Å². The predicted octanol–water partition coefficient (Wildman–Crippen LogP) is 3.70. The molecule has 10 nitrogen and oxygen atoms in total. The van der Waals surface area contributed by atoms with E-state index < -0.39 is 29.9 Å². The molecule has 2 aromatic rings. The van der Waals surface area contributed by atoms with Gasteiger partial charge >= 0.3 is 0 Å². The summed E-state index contributed by atoms with van der Waals surface area (Å²) in [6.45, 7) is 7.17. The van der Waals surface area contributed by atoms with Crippen molar-refractivity contribution in [1.82, 2.24) is 25.8 Å². The lowest BCUT2D eigenvalue weighted by atomic mass is 10.00. The summed E-state index contributed by atoms with van der Waals surface area (Å²) in [5, 5.41) is 9.07. The number of halogens is 2. The van der Waals surface area contributed by atoms with Crippen LogP contribution in [0.3, 0.4) is 0 Å². The Bertz CT molecular complexity index is 1340. The van der Waals surface area contributed by atoms with Crippen molar-refractivity contribution in [3.8, 4) is 5.75 Å². The Labute approximate surface area is 276 Å². The molecule has 1 aliphatic heterocycles. The molecule has 3 N–H and O–H groups in total. The van der Waals surface area contributed by atoms with Crippen LogP contribution < -0.4 is 20.7 Å². The number of amides is 4. The van der Waals surface area contributed by atoms with Gasteiger partial charge in [0.25, 0.3) is 0 Å². The maximum absolute atomic E-state index is 14.5. The molecule has 2 aromatic carbocycles. The summed E-state index contributed by atoms with van der Waals surface area (Å²) >= 11 is 6.11. The average molecular weight is 660 g/mol. The third kappa shape index (κ3) is 11.3. The summed E-state index contributed by atoms with van der Waals surface area (Å²) in [7, 11) is 3.10. The quantitative estimate of drug-likeness (QED) is 0.417. The number of likely N-dealkylation sites (N-methyl/N-ethyl adjacent to an activating group) is 1. The molecule has 0 saturated carbocycles. The van der Waals surface area contributed by atoms with Crippen LogP contribution in [0.1, 0.15) is 57.6 Å². The van der Waals surface area contributed by atoms with Crippen LogP contribution in [0, 0.1) is 11.7 Å². The first kappa shape index (κ1) is 36.8. The molecule has 1 aliphatic rings. The van der Waals surface area contributed by atoms with Crippen molar-refractivity contribution in [3.05, 3.63) is 64.4 Å². The molecule has 0 bridgehead atoms. The zero-order valence-corrected chi connectivity index (χ0v) is 28.2. The highest BCUT2D eigenvalue weighted by Gasteiger charge is 2.32. The molecule has 0 aliphatic carbocycles. The van der Waals surface area contributed by atoms with E-state index >= 15 is 0 Å². The van der Waals surface area contributed by atoms with Gasteiger partial charge < -0.3 is 25.6 Å². The van der Waals surface area contributed by atoms with Crippen molar-refractivity contribution >= 4 is 35.2 Å². The summed E-state index contributed by atoms with van der Waals surface area (Å²) < 4.78 is 19.8. The largest absolute Gasteiger partial charge is 0.497 e. The number of hydrogen-bond donors (Lipinski definition) is 3. The molecule has 1 heterocycles. The van der Waals surface area contributed by atoms with E-state index in [0.717, 1.165) is 5.56 Å². The molecule has 0 aromatic heterocycles. The second-order valence-electron chi connectivity index (χ2n) is 12.2. The van der Waals surface area contributed by atoms with Crippen LogP contribution in [0.25, 0.3) is 0 Å². The third-order valence-electron chi connectivity index (χ3n) is 8.11. The molecular weight excluding hydrogens is 613 g/mol. The molecule has 0 spiro atoms. The van der Waals surface area contributed by atoms with E-state index in [1.165, 1.54) is 24.1 Å². The monoisotopic (exact) mass is 659 g/mol. The number of hydrogen-bond acceptors (Lipinski definition) is 6. The first-order chi connectivity index (χ1) is 21.9. The van der Waals surface area contributed by atoms with E-state index in [9.17, 15) is 23.6 Å². The standard InChI is InChI=1S/C34H47ClFN5O5/c1-22(2)18-29-33(44)39-30(19-24-9-12-27(46-5)13-10-24)34(45)40(4)23(3)32(43)37-15-7-17-41(16-6-8-31(42)38-29)21-25-20-26(35)11-14-28(25)36/h9-14,20,22-23,29-30H,6-8,15-19,21H2,1-5H3,(H,37,43)(H,38,42)(H,39,44)/t23-,29+,30-/m0/s1. The molecule has 1 fully saturated rings. The van der Waals surface area contributed by atoms with Gasteiger partial charge in [-0.1, -0.05) is 37.6 Å². The molecule has 12 heteroatoms. The minimum absolute atomic E-state index is 0.0825. The molecule has 0 radical (unpaired) electrons. The van der Waals surface area contributed by atoms with Crippen LogP contribution in [0.2, 0.25) is 5.02 Å². The minimum Gasteiger partial charge on any atom is -0.497 e. The normalized spacial score (nSPS) is 21.7. The highest BCUT2D eigenvalue weighted by Crippen LogP contribution is 2.18. The highest BCUT2D eigenvalue weighted by molar-refractivity contribution is 6.30. The van der Waals surface area contributed by atoms with Crippen LogP contribution in [-0.4, -0.2) is 85.3 Å². The Morgan fingerprint density at radius 2 is 1.67 bits per heavy atom. The second kappa shape index (κ2) is 17.9. The zero-order chi connectivity index (χ0) is 33.8. The predicted molar refractivity (Wildman–Crippen MR) is 176 cm³/mol. The molecule has 46 heavy (non-hydrogen) atoms. The maximum Gasteiger partial charge on any atom is 0.245 e. The van der Waals surface area contributed by atoms with E-state index in [0.29, 0.717) is 55.2 Å². The van der Waals surface area contributed by atoms with Gasteiger partial charge in [0.05, 0.1) is 7.11 Å². The van der Waals surface area contributed by atoms with Crippen LogP contribution in [-0.2, 0) is 32.1 Å². The number of nitrogens with one attached hydrogen (secondary N) is 3. The van der Waals surface area contributed by atoms with E-state index in [2.05, 4.69) is 16.0 Å². The Hall–Kier alpha value is -3.70. The van der Waals surface area contributed by atoms with Gasteiger partial charge in [0, 0.05) is 50.1 Å². The number of rotatable bonds is 7. The van der Waals surface area contributed by atoms with Crippen molar-refractivity contribution in [2.45, 2.75) is 77.5 Å². The second-order valence-corrected chi connectivity index (χ2v) is 12.7. The van der Waals surface area contributed by atoms with Gasteiger partial charge in [0.15, 0.2) is 0 Å². The number of nitrogens with zero attached hydrogens (tertiary/aromatic N) is 2. The van der Waals surface area contributed by atoms with E-state index in [4.69, 9.17) is 16.3 Å². The Kier molecular flexibility index (Phi) is 14.3. The molecule has 0 unspecified atom stereocenters. The fourth-order valence-electron chi connectivity index (χ4n) is 5.35. The van der Waals surface area contributed by atoms with E-state index in [1.54, 1.807) is 32.2 Å². The molecule has 3 atom stereocenters. The van der Waals surface area contributed by atoms with Gasteiger partial charge in [-0.3, -0.25) is 24.1 Å². The number of benzene rings is 2. The van der Waals surface area contributed by atoms with Gasteiger partial charge in [0.2, 0.25) is 23.6 Å². The lowest BCUT2D eigenvalue weighted by Gasteiger charge is -2.30. The van der Waals surface area contributed by atoms with Crippen molar-refractivity contribution in [2.24, 2.45) is 5.92 Å². The number of methoxy groups -OCH3 is 1. The molecule has 252 valence electrons. The number of carbonyl (C=O) groups excluding carboxylic acids is 4. The Morgan fingerprint density at radius 1 is 0.978 bits per heavy atom. The lowest BCUT2D eigenvalue weighted by molar-refractivity contribution is -0.141. The van der Waals surface area contributed by atoms with Crippen molar-refractivity contribution in [1.29, 1.82) is 0 Å². The average Bonchev–Trinajstić information content (AvgIpc) is 3.02. The van der Waals surface area contributed by atoms with Crippen LogP contribution in [0.15, 0.2) is 42.5 Å². The van der Waals surface area contributed by atoms with Gasteiger partial charge in [0.1, 0.15) is 29.7 Å². The van der Waals surface area contributed by atoms with Gasteiger partial charge in [-0.2, -0.15) is 0 Å². The first-order valence-electron chi connectivity index (χ1n) is 15.8. The van der Waals surface area contributed by atoms with Crippen molar-refractivity contribution in [2.75, 3.05) is 33.8 Å². The molecule has 1 saturated heterocycles. The van der Waals surface area contributed by atoms with Gasteiger partial charge in [-0.15, -0.1) is 0 Å². The topological polar surface area (TPSA) is 120 Å². The summed E-state index contributed by atoms with van der Waals surface area (Å²) in [5.41, 5.74) is 1.23. The van der Waals surface area contributed by atoms with Crippen LogP contribution in [0.5, 0.6) is 5.75 Å². The fraction of sp³-hybridized carbons (Fsp3) is 0.529. The summed E-state index contributed by atoms with van der Waals surface area (Å²) in [6.07, 6.45) is 1.74. The molecular formula is C34H47ClFN5O5. The summed E-state index contributed by atoms with van der Waals surface area (Å²) in [6, 6.07) is 8.93. The zero-order valence-electron chi connectivity index (χ0n) is 27.4. The first-order valence-corrected chi connectivity index (χ1v) is 16.2. The third-order valence-corrected chi connectivity index (χ3v) is 8.35. The molecule has 3 rings (SSSR count).